The Bertz CT molecular complexity index is 737. The van der Waals surface area contributed by atoms with Crippen LogP contribution < -0.4 is 10.6 Å². The summed E-state index contributed by atoms with van der Waals surface area (Å²) in [6.07, 6.45) is 0. The van der Waals surface area contributed by atoms with Gasteiger partial charge in [-0.05, 0) is 12.1 Å². The Labute approximate surface area is 131 Å². The first kappa shape index (κ1) is 17.6. The average Bonchev–Trinajstić information content (AvgIpc) is 2.52. The zero-order valence-corrected chi connectivity index (χ0v) is 11.8. The van der Waals surface area contributed by atoms with Crippen LogP contribution in [0, 0.1) is 35.2 Å². The van der Waals surface area contributed by atoms with Crippen molar-refractivity contribution in [1.29, 1.82) is 0 Å². The molecule has 2 N–H and O–H groups in total. The first-order valence-corrected chi connectivity index (χ1v) is 6.49. The van der Waals surface area contributed by atoms with Gasteiger partial charge in [-0.3, -0.25) is 4.79 Å². The lowest BCUT2D eigenvalue weighted by molar-refractivity contribution is 0.0946. The predicted octanol–water partition coefficient (Wildman–Crippen LogP) is 2.76. The van der Waals surface area contributed by atoms with Crippen LogP contribution in [0.1, 0.15) is 10.4 Å². The molecular weight excluding hydrogens is 340 g/mol. The third kappa shape index (κ3) is 3.58. The quantitative estimate of drug-likeness (QED) is 0.496. The minimum Gasteiger partial charge on any atom is -0.378 e. The molecule has 0 bridgehead atoms. The van der Waals surface area contributed by atoms with Crippen molar-refractivity contribution in [3.05, 3.63) is 58.9 Å². The van der Waals surface area contributed by atoms with E-state index in [-0.39, 0.29) is 13.1 Å². The summed E-state index contributed by atoms with van der Waals surface area (Å²) in [5.41, 5.74) is -1.93. The summed E-state index contributed by atoms with van der Waals surface area (Å²) in [7, 11) is 0. The summed E-state index contributed by atoms with van der Waals surface area (Å²) in [6.45, 7) is -0.713. The highest BCUT2D eigenvalue weighted by Gasteiger charge is 2.20. The van der Waals surface area contributed by atoms with E-state index in [9.17, 15) is 31.1 Å². The van der Waals surface area contributed by atoms with E-state index in [1.807, 2.05) is 5.32 Å². The summed E-state index contributed by atoms with van der Waals surface area (Å²) < 4.78 is 79.1. The smallest absolute Gasteiger partial charge is 0.257 e. The number of halogens is 6. The standard InChI is InChI=1S/C14H9F6N3O/c15-6-2-1-3-7(16)8(6)14(24)22-5-4-21-11-9(17)12(19)23-13(20)10(11)18/h1-3H,4-5H2,(H,21,23)(H,22,24). The van der Waals surface area contributed by atoms with E-state index < -0.39 is 52.3 Å². The maximum absolute atomic E-state index is 13.4. The molecule has 0 radical (unpaired) electrons. The number of anilines is 1. The number of aromatic nitrogens is 1. The molecule has 24 heavy (non-hydrogen) atoms. The number of carbonyl (C=O) groups excluding carboxylic acids is 1. The molecule has 1 heterocycles. The van der Waals surface area contributed by atoms with E-state index in [1.54, 1.807) is 0 Å². The van der Waals surface area contributed by atoms with Crippen LogP contribution in [0.4, 0.5) is 32.0 Å². The summed E-state index contributed by atoms with van der Waals surface area (Å²) in [5, 5.41) is 4.12. The van der Waals surface area contributed by atoms with Crippen LogP contribution in [0.2, 0.25) is 0 Å². The van der Waals surface area contributed by atoms with E-state index in [4.69, 9.17) is 0 Å². The minimum atomic E-state index is -1.84. The normalized spacial score (nSPS) is 10.6. The number of hydrogen-bond acceptors (Lipinski definition) is 3. The average molecular weight is 349 g/mol. The zero-order valence-electron chi connectivity index (χ0n) is 11.8. The molecule has 1 aromatic carbocycles. The van der Waals surface area contributed by atoms with Gasteiger partial charge in [0.05, 0.1) is 0 Å². The fourth-order valence-corrected chi connectivity index (χ4v) is 1.81. The molecule has 2 aromatic rings. The number of rotatable bonds is 5. The molecule has 0 aliphatic heterocycles. The van der Waals surface area contributed by atoms with Crippen molar-refractivity contribution in [3.63, 3.8) is 0 Å². The fourth-order valence-electron chi connectivity index (χ4n) is 1.81. The van der Waals surface area contributed by atoms with Crippen molar-refractivity contribution in [1.82, 2.24) is 10.3 Å². The number of benzene rings is 1. The van der Waals surface area contributed by atoms with Gasteiger partial charge in [-0.1, -0.05) is 6.07 Å². The number of carbonyl (C=O) groups is 1. The topological polar surface area (TPSA) is 54.0 Å². The number of nitrogens with zero attached hydrogens (tertiary/aromatic N) is 1. The second-order valence-electron chi connectivity index (χ2n) is 4.48. The van der Waals surface area contributed by atoms with Gasteiger partial charge in [-0.25, -0.2) is 8.78 Å². The number of amides is 1. The highest BCUT2D eigenvalue weighted by Crippen LogP contribution is 2.21. The van der Waals surface area contributed by atoms with Gasteiger partial charge in [-0.2, -0.15) is 22.5 Å². The second-order valence-corrected chi connectivity index (χ2v) is 4.48. The molecular formula is C14H9F6N3O. The van der Waals surface area contributed by atoms with E-state index in [2.05, 4.69) is 10.3 Å². The lowest BCUT2D eigenvalue weighted by Gasteiger charge is -2.10. The fraction of sp³-hybridized carbons (Fsp3) is 0.143. The molecule has 0 atom stereocenters. The van der Waals surface area contributed by atoms with Crippen molar-refractivity contribution >= 4 is 11.6 Å². The van der Waals surface area contributed by atoms with Crippen LogP contribution in [-0.4, -0.2) is 24.0 Å². The molecule has 1 amide bonds. The highest BCUT2D eigenvalue weighted by atomic mass is 19.2. The minimum absolute atomic E-state index is 0.336. The first-order valence-electron chi connectivity index (χ1n) is 6.49. The van der Waals surface area contributed by atoms with Crippen LogP contribution in [0.5, 0.6) is 0 Å². The summed E-state index contributed by atoms with van der Waals surface area (Å²) in [5.74, 6) is -10.4. The predicted molar refractivity (Wildman–Crippen MR) is 71.2 cm³/mol. The molecule has 0 aliphatic rings. The first-order chi connectivity index (χ1) is 11.3. The Morgan fingerprint density at radius 1 is 0.917 bits per heavy atom. The summed E-state index contributed by atoms with van der Waals surface area (Å²) in [6, 6.07) is 2.83. The maximum Gasteiger partial charge on any atom is 0.257 e. The number of hydrogen-bond donors (Lipinski definition) is 2. The van der Waals surface area contributed by atoms with E-state index in [0.717, 1.165) is 18.2 Å². The van der Waals surface area contributed by atoms with Crippen molar-refractivity contribution in [3.8, 4) is 0 Å². The maximum atomic E-state index is 13.4. The monoisotopic (exact) mass is 349 g/mol. The van der Waals surface area contributed by atoms with Gasteiger partial charge in [-0.15, -0.1) is 0 Å². The molecule has 4 nitrogen and oxygen atoms in total. The largest absolute Gasteiger partial charge is 0.378 e. The summed E-state index contributed by atoms with van der Waals surface area (Å²) in [4.78, 5) is 14.0. The van der Waals surface area contributed by atoms with Gasteiger partial charge in [0.1, 0.15) is 22.9 Å². The van der Waals surface area contributed by atoms with Crippen LogP contribution in [0.25, 0.3) is 0 Å². The van der Waals surface area contributed by atoms with Crippen LogP contribution in [-0.2, 0) is 0 Å². The van der Waals surface area contributed by atoms with E-state index in [1.165, 1.54) is 0 Å². The lowest BCUT2D eigenvalue weighted by atomic mass is 10.2. The number of nitrogens with one attached hydrogen (secondary N) is 2. The Kier molecular flexibility index (Phi) is 5.27. The van der Waals surface area contributed by atoms with Crippen molar-refractivity contribution in [2.75, 3.05) is 18.4 Å². The van der Waals surface area contributed by atoms with Crippen molar-refractivity contribution in [2.45, 2.75) is 0 Å². The third-order valence-electron chi connectivity index (χ3n) is 2.90. The van der Waals surface area contributed by atoms with Gasteiger partial charge in [0.15, 0.2) is 0 Å². The molecule has 0 aliphatic carbocycles. The SMILES string of the molecule is O=C(NCCNc1c(F)c(F)nc(F)c1F)c1c(F)cccc1F. The molecule has 10 heteroatoms. The van der Waals surface area contributed by atoms with Crippen molar-refractivity contribution < 1.29 is 31.1 Å². The van der Waals surface area contributed by atoms with Gasteiger partial charge in [0, 0.05) is 13.1 Å². The lowest BCUT2D eigenvalue weighted by Crippen LogP contribution is -2.30. The van der Waals surface area contributed by atoms with Crippen LogP contribution in [0.15, 0.2) is 18.2 Å². The van der Waals surface area contributed by atoms with Gasteiger partial charge < -0.3 is 10.6 Å². The second kappa shape index (κ2) is 7.20. The van der Waals surface area contributed by atoms with Gasteiger partial charge in [0.25, 0.3) is 17.8 Å². The zero-order chi connectivity index (χ0) is 17.9. The van der Waals surface area contributed by atoms with Crippen molar-refractivity contribution in [2.24, 2.45) is 0 Å². The van der Waals surface area contributed by atoms with Gasteiger partial charge in [0.2, 0.25) is 11.6 Å². The molecule has 0 saturated carbocycles. The Hall–Kier alpha value is -2.78. The molecule has 128 valence electrons. The molecule has 0 fully saturated rings. The molecule has 2 rings (SSSR count). The molecule has 0 saturated heterocycles. The van der Waals surface area contributed by atoms with Crippen LogP contribution in [0.3, 0.4) is 0 Å². The molecule has 0 spiro atoms. The summed E-state index contributed by atoms with van der Waals surface area (Å²) >= 11 is 0. The Morgan fingerprint density at radius 2 is 1.46 bits per heavy atom. The van der Waals surface area contributed by atoms with Crippen LogP contribution >= 0.6 is 0 Å². The Morgan fingerprint density at radius 3 is 2.00 bits per heavy atom. The van der Waals surface area contributed by atoms with E-state index in [0.29, 0.717) is 0 Å². The molecule has 0 unspecified atom stereocenters. The van der Waals surface area contributed by atoms with Gasteiger partial charge >= 0.3 is 0 Å². The highest BCUT2D eigenvalue weighted by molar-refractivity contribution is 5.94. The molecule has 1 aromatic heterocycles. The Balaban J connectivity index is 1.98. The number of pyridine rings is 1. The van der Waals surface area contributed by atoms with E-state index >= 15 is 0 Å². The third-order valence-corrected chi connectivity index (χ3v) is 2.90.